The highest BCUT2D eigenvalue weighted by atomic mass is 16.5. The van der Waals surface area contributed by atoms with E-state index in [2.05, 4.69) is 13.8 Å². The Hall–Kier alpha value is -0.610. The van der Waals surface area contributed by atoms with Gasteiger partial charge in [-0.05, 0) is 26.2 Å². The third kappa shape index (κ3) is 3.93. The predicted octanol–water partition coefficient (Wildman–Crippen LogP) is 2.17. The van der Waals surface area contributed by atoms with Crippen molar-refractivity contribution in [2.24, 2.45) is 11.1 Å². The fourth-order valence-corrected chi connectivity index (χ4v) is 2.97. The van der Waals surface area contributed by atoms with Gasteiger partial charge in [-0.1, -0.05) is 26.2 Å². The molecule has 1 saturated carbocycles. The molecule has 0 aliphatic heterocycles. The topological polar surface area (TPSA) is 55.6 Å². The average Bonchev–Trinajstić information content (AvgIpc) is 2.47. The summed E-state index contributed by atoms with van der Waals surface area (Å²) in [5.41, 5.74) is 5.66. The van der Waals surface area contributed by atoms with Gasteiger partial charge in [0.15, 0.2) is 0 Å². The Balaban J connectivity index is 2.82. The van der Waals surface area contributed by atoms with Crippen LogP contribution in [0.5, 0.6) is 0 Å². The zero-order valence-corrected chi connectivity index (χ0v) is 12.8. The lowest BCUT2D eigenvalue weighted by Gasteiger charge is -2.41. The molecule has 19 heavy (non-hydrogen) atoms. The van der Waals surface area contributed by atoms with Crippen LogP contribution < -0.4 is 5.73 Å². The Kier molecular flexibility index (Phi) is 6.80. The van der Waals surface area contributed by atoms with Crippen LogP contribution in [0, 0.1) is 5.41 Å². The summed E-state index contributed by atoms with van der Waals surface area (Å²) in [7, 11) is 1.68. The van der Waals surface area contributed by atoms with Crippen molar-refractivity contribution < 1.29 is 9.53 Å². The van der Waals surface area contributed by atoms with Gasteiger partial charge in [-0.3, -0.25) is 4.79 Å². The normalized spacial score (nSPS) is 20.0. The van der Waals surface area contributed by atoms with Crippen LogP contribution in [0.25, 0.3) is 0 Å². The van der Waals surface area contributed by atoms with Crippen LogP contribution in [-0.2, 0) is 9.53 Å². The highest BCUT2D eigenvalue weighted by Gasteiger charge is 2.41. The molecular weight excluding hydrogens is 240 g/mol. The van der Waals surface area contributed by atoms with Crippen molar-refractivity contribution in [1.29, 1.82) is 0 Å². The van der Waals surface area contributed by atoms with E-state index in [-0.39, 0.29) is 17.4 Å². The molecule has 0 aromatic rings. The first-order valence-electron chi connectivity index (χ1n) is 7.61. The third-order valence-corrected chi connectivity index (χ3v) is 4.58. The monoisotopic (exact) mass is 270 g/mol. The van der Waals surface area contributed by atoms with Crippen LogP contribution >= 0.6 is 0 Å². The van der Waals surface area contributed by atoms with E-state index in [0.29, 0.717) is 19.7 Å². The van der Waals surface area contributed by atoms with E-state index in [9.17, 15) is 4.79 Å². The Labute approximate surface area is 117 Å². The van der Waals surface area contributed by atoms with Gasteiger partial charge in [-0.2, -0.15) is 0 Å². The Morgan fingerprint density at radius 3 is 2.47 bits per heavy atom. The lowest BCUT2D eigenvalue weighted by atomic mass is 9.73. The van der Waals surface area contributed by atoms with Crippen LogP contribution in [0.3, 0.4) is 0 Å². The first kappa shape index (κ1) is 16.4. The van der Waals surface area contributed by atoms with E-state index < -0.39 is 0 Å². The number of amides is 1. The minimum absolute atomic E-state index is 0.251. The van der Waals surface area contributed by atoms with Crippen molar-refractivity contribution in [2.45, 2.75) is 58.4 Å². The number of methoxy groups -OCH3 is 1. The number of rotatable bonds is 7. The van der Waals surface area contributed by atoms with Gasteiger partial charge in [-0.25, -0.2) is 0 Å². The van der Waals surface area contributed by atoms with E-state index in [0.717, 1.165) is 32.1 Å². The van der Waals surface area contributed by atoms with E-state index in [1.807, 2.05) is 4.90 Å². The molecular formula is C15H30N2O2. The maximum atomic E-state index is 12.9. The summed E-state index contributed by atoms with van der Waals surface area (Å²) < 4.78 is 5.15. The fourth-order valence-electron chi connectivity index (χ4n) is 2.97. The maximum Gasteiger partial charge on any atom is 0.230 e. The summed E-state index contributed by atoms with van der Waals surface area (Å²) in [5.74, 6) is 0.251. The molecule has 2 N–H and O–H groups in total. The molecule has 0 radical (unpaired) electrons. The van der Waals surface area contributed by atoms with Crippen molar-refractivity contribution in [2.75, 3.05) is 26.8 Å². The van der Waals surface area contributed by atoms with Crippen LogP contribution in [0.4, 0.5) is 0 Å². The summed E-state index contributed by atoms with van der Waals surface area (Å²) in [5, 5.41) is 0. The molecule has 1 fully saturated rings. The summed E-state index contributed by atoms with van der Waals surface area (Å²) in [4.78, 5) is 14.9. The number of ether oxygens (including phenoxy) is 1. The first-order valence-corrected chi connectivity index (χ1v) is 7.61. The number of nitrogens with two attached hydrogens (primary N) is 1. The molecule has 112 valence electrons. The zero-order valence-electron chi connectivity index (χ0n) is 12.8. The molecule has 0 bridgehead atoms. The summed E-state index contributed by atoms with van der Waals surface area (Å²) in [6, 6.07) is 0.257. The van der Waals surface area contributed by atoms with E-state index in [1.54, 1.807) is 7.11 Å². The fraction of sp³-hybridized carbons (Fsp3) is 0.933. The second-order valence-electron chi connectivity index (χ2n) is 5.79. The lowest BCUT2D eigenvalue weighted by molar-refractivity contribution is -0.146. The van der Waals surface area contributed by atoms with Gasteiger partial charge in [0.25, 0.3) is 0 Å². The van der Waals surface area contributed by atoms with Gasteiger partial charge >= 0.3 is 0 Å². The predicted molar refractivity (Wildman–Crippen MR) is 77.9 cm³/mol. The van der Waals surface area contributed by atoms with Crippen molar-refractivity contribution >= 4 is 5.91 Å². The number of hydrogen-bond acceptors (Lipinski definition) is 3. The zero-order chi connectivity index (χ0) is 14.3. The van der Waals surface area contributed by atoms with Crippen molar-refractivity contribution in [3.05, 3.63) is 0 Å². The highest BCUT2D eigenvalue weighted by Crippen LogP contribution is 2.37. The quantitative estimate of drug-likeness (QED) is 0.771. The smallest absolute Gasteiger partial charge is 0.230 e. The van der Waals surface area contributed by atoms with E-state index in [4.69, 9.17) is 10.5 Å². The molecule has 1 amide bonds. The van der Waals surface area contributed by atoms with E-state index in [1.165, 1.54) is 6.42 Å². The van der Waals surface area contributed by atoms with E-state index >= 15 is 0 Å². The van der Waals surface area contributed by atoms with Crippen LogP contribution in [0.15, 0.2) is 0 Å². The van der Waals surface area contributed by atoms with Crippen molar-refractivity contribution in [3.63, 3.8) is 0 Å². The Bertz CT molecular complexity index is 275. The molecule has 0 spiro atoms. The minimum Gasteiger partial charge on any atom is -0.383 e. The Morgan fingerprint density at radius 2 is 2.00 bits per heavy atom. The Morgan fingerprint density at radius 1 is 1.37 bits per heavy atom. The standard InChI is InChI=1S/C15H30N2O2/c1-4-13(2)17(10-11-19-3)14(18)15(12-16)8-6-5-7-9-15/h13H,4-12,16H2,1-3H3. The van der Waals surface area contributed by atoms with Crippen molar-refractivity contribution in [1.82, 2.24) is 4.90 Å². The second kappa shape index (κ2) is 7.85. The molecule has 1 aliphatic rings. The van der Waals surface area contributed by atoms with Gasteiger partial charge in [0.2, 0.25) is 5.91 Å². The molecule has 0 aromatic heterocycles. The highest BCUT2D eigenvalue weighted by molar-refractivity contribution is 5.83. The number of hydrogen-bond donors (Lipinski definition) is 1. The molecule has 0 saturated heterocycles. The number of carbonyl (C=O) groups is 1. The maximum absolute atomic E-state index is 12.9. The first-order chi connectivity index (χ1) is 9.11. The second-order valence-corrected chi connectivity index (χ2v) is 5.79. The summed E-state index contributed by atoms with van der Waals surface area (Å²) >= 11 is 0. The molecule has 1 rings (SSSR count). The lowest BCUT2D eigenvalue weighted by Crippen LogP contribution is -2.52. The molecule has 4 heteroatoms. The largest absolute Gasteiger partial charge is 0.383 e. The van der Waals surface area contributed by atoms with Gasteiger partial charge in [-0.15, -0.1) is 0 Å². The average molecular weight is 270 g/mol. The van der Waals surface area contributed by atoms with Gasteiger partial charge in [0.05, 0.1) is 12.0 Å². The number of carbonyl (C=O) groups excluding carboxylic acids is 1. The molecule has 0 heterocycles. The molecule has 1 atom stereocenters. The molecule has 1 aliphatic carbocycles. The third-order valence-electron chi connectivity index (χ3n) is 4.58. The van der Waals surface area contributed by atoms with Crippen LogP contribution in [0.2, 0.25) is 0 Å². The molecule has 0 aromatic carbocycles. The van der Waals surface area contributed by atoms with Gasteiger partial charge in [0.1, 0.15) is 0 Å². The molecule has 4 nitrogen and oxygen atoms in total. The summed E-state index contributed by atoms with van der Waals surface area (Å²) in [6.07, 6.45) is 6.35. The van der Waals surface area contributed by atoms with Crippen LogP contribution in [-0.4, -0.2) is 43.7 Å². The van der Waals surface area contributed by atoms with Crippen molar-refractivity contribution in [3.8, 4) is 0 Å². The summed E-state index contributed by atoms with van der Waals surface area (Å²) in [6.45, 7) is 5.98. The van der Waals surface area contributed by atoms with Gasteiger partial charge in [0, 0.05) is 26.2 Å². The molecule has 1 unspecified atom stereocenters. The van der Waals surface area contributed by atoms with Crippen LogP contribution in [0.1, 0.15) is 52.4 Å². The number of nitrogens with zero attached hydrogens (tertiary/aromatic N) is 1. The van der Waals surface area contributed by atoms with Gasteiger partial charge < -0.3 is 15.4 Å². The minimum atomic E-state index is -0.310. The SMILES string of the molecule is CCC(C)N(CCOC)C(=O)C1(CN)CCCCC1.